The molecule has 0 fully saturated rings. The Bertz CT molecular complexity index is 854. The van der Waals surface area contributed by atoms with Crippen molar-refractivity contribution in [3.63, 3.8) is 0 Å². The van der Waals surface area contributed by atoms with Crippen molar-refractivity contribution in [3.8, 4) is 17.6 Å². The van der Waals surface area contributed by atoms with E-state index in [4.69, 9.17) is 16.3 Å². The van der Waals surface area contributed by atoms with Gasteiger partial charge in [0.05, 0.1) is 17.7 Å². The van der Waals surface area contributed by atoms with Crippen molar-refractivity contribution in [3.05, 3.63) is 63.7 Å². The van der Waals surface area contributed by atoms with Crippen molar-refractivity contribution in [2.75, 3.05) is 18.3 Å². The van der Waals surface area contributed by atoms with E-state index in [2.05, 4.69) is 17.2 Å². The SMILES string of the molecule is COc1ccc(C#Cc2ccc([N+](=O)[O-])cc2NC(=O)CCCCl)cc1. The van der Waals surface area contributed by atoms with E-state index >= 15 is 0 Å². The molecule has 0 saturated carbocycles. The molecule has 0 bridgehead atoms. The topological polar surface area (TPSA) is 81.5 Å². The molecule has 0 unspecified atom stereocenters. The van der Waals surface area contributed by atoms with Gasteiger partial charge in [0.1, 0.15) is 5.75 Å². The van der Waals surface area contributed by atoms with E-state index < -0.39 is 4.92 Å². The third-order valence-electron chi connectivity index (χ3n) is 3.46. The minimum atomic E-state index is -0.519. The van der Waals surface area contributed by atoms with Gasteiger partial charge in [0, 0.05) is 35.6 Å². The van der Waals surface area contributed by atoms with Gasteiger partial charge in [0.15, 0.2) is 0 Å². The molecule has 6 nitrogen and oxygen atoms in total. The number of rotatable bonds is 6. The Kier molecular flexibility index (Phi) is 7.01. The van der Waals surface area contributed by atoms with Gasteiger partial charge >= 0.3 is 0 Å². The van der Waals surface area contributed by atoms with Crippen LogP contribution in [0.15, 0.2) is 42.5 Å². The Hall–Kier alpha value is -3.04. The number of ether oxygens (including phenoxy) is 1. The number of methoxy groups -OCH3 is 1. The summed E-state index contributed by atoms with van der Waals surface area (Å²) in [6.07, 6.45) is 0.757. The zero-order chi connectivity index (χ0) is 18.9. The van der Waals surface area contributed by atoms with Gasteiger partial charge in [0.25, 0.3) is 5.69 Å². The number of non-ortho nitro benzene ring substituents is 1. The molecule has 1 amide bonds. The molecule has 1 N–H and O–H groups in total. The predicted octanol–water partition coefficient (Wildman–Crippen LogP) is 3.96. The Balaban J connectivity index is 2.29. The van der Waals surface area contributed by atoms with Crippen LogP contribution in [-0.4, -0.2) is 23.8 Å². The second-order valence-corrected chi connectivity index (χ2v) is 5.68. The van der Waals surface area contributed by atoms with Crippen LogP contribution in [0, 0.1) is 22.0 Å². The molecular weight excluding hydrogens is 356 g/mol. The Labute approximate surface area is 156 Å². The standard InChI is InChI=1S/C19H17ClN2O4/c1-26-17-10-5-14(6-11-17)4-7-15-8-9-16(22(24)25)13-18(15)21-19(23)3-2-12-20/h5-6,8-11,13H,2-3,12H2,1H3,(H,21,23). The quantitative estimate of drug-likeness (QED) is 0.360. The first-order chi connectivity index (χ1) is 12.5. The summed E-state index contributed by atoms with van der Waals surface area (Å²) in [6.45, 7) is 0. The molecule has 7 heteroatoms. The van der Waals surface area contributed by atoms with Gasteiger partial charge in [-0.3, -0.25) is 14.9 Å². The van der Waals surface area contributed by atoms with E-state index in [1.807, 2.05) is 0 Å². The highest BCUT2D eigenvalue weighted by atomic mass is 35.5. The van der Waals surface area contributed by atoms with Crippen molar-refractivity contribution >= 4 is 28.9 Å². The number of amides is 1. The molecular formula is C19H17ClN2O4. The number of nitro benzene ring substituents is 1. The van der Waals surface area contributed by atoms with E-state index in [9.17, 15) is 14.9 Å². The van der Waals surface area contributed by atoms with Gasteiger partial charge < -0.3 is 10.1 Å². The molecule has 134 valence electrons. The van der Waals surface area contributed by atoms with Crippen LogP contribution in [0.25, 0.3) is 0 Å². The molecule has 0 saturated heterocycles. The number of nitrogens with one attached hydrogen (secondary N) is 1. The highest BCUT2D eigenvalue weighted by molar-refractivity contribution is 6.18. The lowest BCUT2D eigenvalue weighted by molar-refractivity contribution is -0.384. The summed E-state index contributed by atoms with van der Waals surface area (Å²) in [5.41, 5.74) is 1.43. The van der Waals surface area contributed by atoms with Gasteiger partial charge in [-0.05, 0) is 36.8 Å². The minimum Gasteiger partial charge on any atom is -0.497 e. The predicted molar refractivity (Wildman–Crippen MR) is 101 cm³/mol. The lowest BCUT2D eigenvalue weighted by Crippen LogP contribution is -2.12. The number of carbonyl (C=O) groups is 1. The fourth-order valence-electron chi connectivity index (χ4n) is 2.11. The monoisotopic (exact) mass is 372 g/mol. The summed E-state index contributed by atoms with van der Waals surface area (Å²) in [5, 5.41) is 13.7. The van der Waals surface area contributed by atoms with Crippen molar-refractivity contribution in [2.24, 2.45) is 0 Å². The second kappa shape index (κ2) is 9.44. The van der Waals surface area contributed by atoms with Gasteiger partial charge in [-0.2, -0.15) is 0 Å². The lowest BCUT2D eigenvalue weighted by Gasteiger charge is -2.07. The largest absolute Gasteiger partial charge is 0.497 e. The highest BCUT2D eigenvalue weighted by Crippen LogP contribution is 2.22. The number of nitro groups is 1. The smallest absolute Gasteiger partial charge is 0.271 e. The Morgan fingerprint density at radius 3 is 2.58 bits per heavy atom. The highest BCUT2D eigenvalue weighted by Gasteiger charge is 2.12. The van der Waals surface area contributed by atoms with Crippen molar-refractivity contribution in [2.45, 2.75) is 12.8 Å². The molecule has 2 aromatic rings. The van der Waals surface area contributed by atoms with E-state index in [1.165, 1.54) is 18.2 Å². The van der Waals surface area contributed by atoms with Crippen molar-refractivity contribution in [1.29, 1.82) is 0 Å². The van der Waals surface area contributed by atoms with Crippen LogP contribution in [0.2, 0.25) is 0 Å². The summed E-state index contributed by atoms with van der Waals surface area (Å²) >= 11 is 5.59. The first-order valence-electron chi connectivity index (χ1n) is 7.84. The second-order valence-electron chi connectivity index (χ2n) is 5.31. The maximum absolute atomic E-state index is 11.9. The summed E-state index contributed by atoms with van der Waals surface area (Å²) in [4.78, 5) is 22.4. The number of carbonyl (C=O) groups excluding carboxylic acids is 1. The molecule has 0 aliphatic carbocycles. The average Bonchev–Trinajstić information content (AvgIpc) is 2.65. The van der Waals surface area contributed by atoms with Gasteiger partial charge in [-0.25, -0.2) is 0 Å². The maximum atomic E-state index is 11.9. The summed E-state index contributed by atoms with van der Waals surface area (Å²) in [5.74, 6) is 6.73. The molecule has 0 spiro atoms. The van der Waals surface area contributed by atoms with Gasteiger partial charge in [-0.1, -0.05) is 11.8 Å². The van der Waals surface area contributed by atoms with Crippen molar-refractivity contribution < 1.29 is 14.5 Å². The van der Waals surface area contributed by atoms with Crippen LogP contribution >= 0.6 is 11.6 Å². The Morgan fingerprint density at radius 1 is 1.23 bits per heavy atom. The zero-order valence-electron chi connectivity index (χ0n) is 14.1. The zero-order valence-corrected chi connectivity index (χ0v) is 14.9. The molecule has 0 aliphatic heterocycles. The molecule has 0 aromatic heterocycles. The molecule has 2 rings (SSSR count). The van der Waals surface area contributed by atoms with Crippen LogP contribution in [0.5, 0.6) is 5.75 Å². The Morgan fingerprint density at radius 2 is 1.96 bits per heavy atom. The van der Waals surface area contributed by atoms with E-state index in [0.717, 1.165) is 11.3 Å². The van der Waals surface area contributed by atoms with Crippen molar-refractivity contribution in [1.82, 2.24) is 0 Å². The maximum Gasteiger partial charge on any atom is 0.271 e. The van der Waals surface area contributed by atoms with Gasteiger partial charge in [0.2, 0.25) is 5.91 Å². The summed E-state index contributed by atoms with van der Waals surface area (Å²) < 4.78 is 5.09. The number of anilines is 1. The lowest BCUT2D eigenvalue weighted by atomic mass is 10.1. The minimum absolute atomic E-state index is 0.118. The number of alkyl halides is 1. The van der Waals surface area contributed by atoms with Crippen LogP contribution in [-0.2, 0) is 4.79 Å². The third-order valence-corrected chi connectivity index (χ3v) is 3.72. The first-order valence-corrected chi connectivity index (χ1v) is 8.37. The number of benzene rings is 2. The number of halogens is 1. The average molecular weight is 373 g/mol. The van der Waals surface area contributed by atoms with E-state index in [0.29, 0.717) is 23.6 Å². The third kappa shape index (κ3) is 5.50. The van der Waals surface area contributed by atoms with Crippen LogP contribution < -0.4 is 10.1 Å². The fraction of sp³-hybridized carbons (Fsp3) is 0.211. The van der Waals surface area contributed by atoms with E-state index in [-0.39, 0.29) is 18.0 Å². The summed E-state index contributed by atoms with van der Waals surface area (Å²) in [6, 6.07) is 11.4. The van der Waals surface area contributed by atoms with Gasteiger partial charge in [-0.15, -0.1) is 11.6 Å². The molecule has 0 atom stereocenters. The van der Waals surface area contributed by atoms with Crippen LogP contribution in [0.4, 0.5) is 11.4 Å². The molecule has 26 heavy (non-hydrogen) atoms. The van der Waals surface area contributed by atoms with E-state index in [1.54, 1.807) is 31.4 Å². The molecule has 2 aromatic carbocycles. The number of hydrogen-bond acceptors (Lipinski definition) is 4. The normalized spacial score (nSPS) is 9.77. The number of nitrogens with zero attached hydrogens (tertiary/aromatic N) is 1. The molecule has 0 heterocycles. The number of hydrogen-bond donors (Lipinski definition) is 1. The van der Waals surface area contributed by atoms with Crippen LogP contribution in [0.3, 0.4) is 0 Å². The molecule has 0 aliphatic rings. The first kappa shape index (κ1) is 19.3. The summed E-state index contributed by atoms with van der Waals surface area (Å²) in [7, 11) is 1.58. The molecule has 0 radical (unpaired) electrons. The van der Waals surface area contributed by atoms with Crippen LogP contribution in [0.1, 0.15) is 24.0 Å². The fourth-order valence-corrected chi connectivity index (χ4v) is 2.25.